The third-order valence-corrected chi connectivity index (χ3v) is 3.06. The van der Waals surface area contributed by atoms with E-state index in [0.29, 0.717) is 5.69 Å². The van der Waals surface area contributed by atoms with Crippen molar-refractivity contribution in [1.82, 2.24) is 0 Å². The van der Waals surface area contributed by atoms with Crippen LogP contribution in [0.3, 0.4) is 0 Å². The molecule has 0 aliphatic carbocycles. The molecule has 0 spiro atoms. The van der Waals surface area contributed by atoms with Gasteiger partial charge in [-0.2, -0.15) is 0 Å². The average Bonchev–Trinajstić information content (AvgIpc) is 2.47. The van der Waals surface area contributed by atoms with Crippen LogP contribution in [0.15, 0.2) is 42.5 Å². The summed E-state index contributed by atoms with van der Waals surface area (Å²) in [5.74, 6) is -1.80. The molecular weight excluding hydrogens is 297 g/mol. The van der Waals surface area contributed by atoms with Crippen LogP contribution >= 0.6 is 11.6 Å². The second-order valence-corrected chi connectivity index (χ2v) is 4.53. The van der Waals surface area contributed by atoms with Gasteiger partial charge in [0.05, 0.1) is 23.3 Å². The predicted octanol–water partition coefficient (Wildman–Crippen LogP) is 3.52. The zero-order valence-corrected chi connectivity index (χ0v) is 11.8. The number of carbonyl (C=O) groups excluding carboxylic acids is 2. The van der Waals surface area contributed by atoms with Crippen LogP contribution < -0.4 is 5.32 Å². The molecule has 0 atom stereocenters. The van der Waals surface area contributed by atoms with E-state index < -0.39 is 17.7 Å². The van der Waals surface area contributed by atoms with E-state index in [1.807, 2.05) is 0 Å². The first-order valence-corrected chi connectivity index (χ1v) is 6.34. The lowest BCUT2D eigenvalue weighted by atomic mass is 10.1. The van der Waals surface area contributed by atoms with Crippen molar-refractivity contribution in [1.29, 1.82) is 0 Å². The number of anilines is 1. The van der Waals surface area contributed by atoms with E-state index in [1.165, 1.54) is 43.5 Å². The van der Waals surface area contributed by atoms with Crippen molar-refractivity contribution in [2.75, 3.05) is 12.4 Å². The van der Waals surface area contributed by atoms with Crippen LogP contribution in [0.25, 0.3) is 0 Å². The number of rotatable bonds is 3. The molecule has 0 fully saturated rings. The van der Waals surface area contributed by atoms with Crippen LogP contribution in [0.1, 0.15) is 20.7 Å². The first-order valence-electron chi connectivity index (χ1n) is 5.96. The molecule has 0 heterocycles. The SMILES string of the molecule is COC(=O)c1ccc(NC(=O)c2ccccc2F)cc1Cl. The van der Waals surface area contributed by atoms with E-state index in [-0.39, 0.29) is 16.1 Å². The van der Waals surface area contributed by atoms with E-state index in [1.54, 1.807) is 6.07 Å². The number of halogens is 2. The maximum absolute atomic E-state index is 13.5. The van der Waals surface area contributed by atoms with Crippen LogP contribution in [0, 0.1) is 5.82 Å². The highest BCUT2D eigenvalue weighted by molar-refractivity contribution is 6.34. The number of hydrogen-bond acceptors (Lipinski definition) is 3. The Morgan fingerprint density at radius 2 is 1.86 bits per heavy atom. The minimum absolute atomic E-state index is 0.0781. The van der Waals surface area contributed by atoms with Gasteiger partial charge in [-0.05, 0) is 30.3 Å². The largest absolute Gasteiger partial charge is 0.465 e. The van der Waals surface area contributed by atoms with E-state index in [9.17, 15) is 14.0 Å². The Balaban J connectivity index is 2.21. The number of esters is 1. The number of ether oxygens (including phenoxy) is 1. The molecule has 0 aliphatic heterocycles. The van der Waals surface area contributed by atoms with Gasteiger partial charge >= 0.3 is 5.97 Å². The van der Waals surface area contributed by atoms with Crippen LogP contribution in [0.5, 0.6) is 0 Å². The van der Waals surface area contributed by atoms with Crippen molar-refractivity contribution in [3.05, 3.63) is 64.4 Å². The number of benzene rings is 2. The monoisotopic (exact) mass is 307 g/mol. The third-order valence-electron chi connectivity index (χ3n) is 2.75. The minimum atomic E-state index is -0.618. The Bertz CT molecular complexity index is 703. The van der Waals surface area contributed by atoms with Gasteiger partial charge in [0.15, 0.2) is 0 Å². The normalized spacial score (nSPS) is 10.0. The Morgan fingerprint density at radius 1 is 1.14 bits per heavy atom. The van der Waals surface area contributed by atoms with Crippen molar-refractivity contribution in [2.45, 2.75) is 0 Å². The molecule has 2 aromatic rings. The van der Waals surface area contributed by atoms with Crippen LogP contribution in [-0.2, 0) is 4.74 Å². The van der Waals surface area contributed by atoms with Crippen molar-refractivity contribution in [3.63, 3.8) is 0 Å². The summed E-state index contributed by atoms with van der Waals surface area (Å²) < 4.78 is 18.1. The number of carbonyl (C=O) groups is 2. The summed E-state index contributed by atoms with van der Waals surface area (Å²) in [5, 5.41) is 2.64. The minimum Gasteiger partial charge on any atom is -0.465 e. The van der Waals surface area contributed by atoms with Crippen molar-refractivity contribution < 1.29 is 18.7 Å². The first-order chi connectivity index (χ1) is 10.0. The van der Waals surface area contributed by atoms with E-state index in [4.69, 9.17) is 11.6 Å². The van der Waals surface area contributed by atoms with E-state index in [2.05, 4.69) is 10.1 Å². The van der Waals surface area contributed by atoms with Crippen molar-refractivity contribution in [2.24, 2.45) is 0 Å². The van der Waals surface area contributed by atoms with Crippen molar-refractivity contribution in [3.8, 4) is 0 Å². The fraction of sp³-hybridized carbons (Fsp3) is 0.0667. The highest BCUT2D eigenvalue weighted by atomic mass is 35.5. The number of hydrogen-bond donors (Lipinski definition) is 1. The second-order valence-electron chi connectivity index (χ2n) is 4.12. The molecule has 0 saturated heterocycles. The third kappa shape index (κ3) is 3.38. The maximum Gasteiger partial charge on any atom is 0.339 e. The number of amides is 1. The molecule has 2 rings (SSSR count). The van der Waals surface area contributed by atoms with Crippen LogP contribution in [0.2, 0.25) is 5.02 Å². The standard InChI is InChI=1S/C15H11ClFNO3/c1-21-15(20)10-7-6-9(8-12(10)16)18-14(19)11-4-2-3-5-13(11)17/h2-8H,1H3,(H,18,19). The number of methoxy groups -OCH3 is 1. The maximum atomic E-state index is 13.5. The topological polar surface area (TPSA) is 55.4 Å². The molecule has 21 heavy (non-hydrogen) atoms. The molecule has 0 unspecified atom stereocenters. The molecule has 108 valence electrons. The highest BCUT2D eigenvalue weighted by Crippen LogP contribution is 2.22. The second kappa shape index (κ2) is 6.37. The summed E-state index contributed by atoms with van der Waals surface area (Å²) >= 11 is 5.94. The van der Waals surface area contributed by atoms with Gasteiger partial charge in [0.1, 0.15) is 5.82 Å². The Kier molecular flexibility index (Phi) is 4.55. The van der Waals surface area contributed by atoms with E-state index >= 15 is 0 Å². The molecule has 0 aromatic heterocycles. The Labute approximate surface area is 125 Å². The van der Waals surface area contributed by atoms with Gasteiger partial charge in [-0.1, -0.05) is 23.7 Å². The summed E-state index contributed by atoms with van der Waals surface area (Å²) in [6.07, 6.45) is 0. The van der Waals surface area contributed by atoms with Gasteiger partial charge < -0.3 is 10.1 Å². The van der Waals surface area contributed by atoms with Crippen LogP contribution in [0.4, 0.5) is 10.1 Å². The summed E-state index contributed by atoms with van der Waals surface area (Å²) in [6, 6.07) is 9.92. The lowest BCUT2D eigenvalue weighted by molar-refractivity contribution is 0.0601. The Hall–Kier alpha value is -2.40. The Morgan fingerprint density at radius 3 is 2.48 bits per heavy atom. The summed E-state index contributed by atoms with van der Waals surface area (Å²) in [4.78, 5) is 23.3. The van der Waals surface area contributed by atoms with Crippen LogP contribution in [-0.4, -0.2) is 19.0 Å². The summed E-state index contributed by atoms with van der Waals surface area (Å²) in [6.45, 7) is 0. The smallest absolute Gasteiger partial charge is 0.339 e. The quantitative estimate of drug-likeness (QED) is 0.883. The molecular formula is C15H11ClFNO3. The molecule has 4 nitrogen and oxygen atoms in total. The molecule has 1 amide bonds. The molecule has 0 aliphatic rings. The fourth-order valence-electron chi connectivity index (χ4n) is 1.71. The molecule has 0 saturated carbocycles. The molecule has 0 bridgehead atoms. The van der Waals surface area contributed by atoms with Gasteiger partial charge in [0.25, 0.3) is 5.91 Å². The first kappa shape index (κ1) is 15.0. The lowest BCUT2D eigenvalue weighted by Crippen LogP contribution is -2.14. The van der Waals surface area contributed by atoms with Gasteiger partial charge in [-0.15, -0.1) is 0 Å². The van der Waals surface area contributed by atoms with Gasteiger partial charge in [0, 0.05) is 5.69 Å². The molecule has 2 aromatic carbocycles. The zero-order valence-electron chi connectivity index (χ0n) is 11.0. The fourth-order valence-corrected chi connectivity index (χ4v) is 1.97. The van der Waals surface area contributed by atoms with Gasteiger partial charge in [-0.3, -0.25) is 4.79 Å². The summed E-state index contributed by atoms with van der Waals surface area (Å²) in [5.41, 5.74) is 0.453. The molecule has 6 heteroatoms. The van der Waals surface area contributed by atoms with E-state index in [0.717, 1.165) is 0 Å². The molecule has 1 N–H and O–H groups in total. The van der Waals surface area contributed by atoms with Gasteiger partial charge in [-0.25, -0.2) is 9.18 Å². The van der Waals surface area contributed by atoms with Gasteiger partial charge in [0.2, 0.25) is 0 Å². The van der Waals surface area contributed by atoms with Crippen molar-refractivity contribution >= 4 is 29.2 Å². The lowest BCUT2D eigenvalue weighted by Gasteiger charge is -2.08. The zero-order chi connectivity index (χ0) is 15.4. The summed E-state index contributed by atoms with van der Waals surface area (Å²) in [7, 11) is 1.24. The number of nitrogens with one attached hydrogen (secondary N) is 1. The average molecular weight is 308 g/mol. The highest BCUT2D eigenvalue weighted by Gasteiger charge is 2.14. The molecule has 0 radical (unpaired) electrons. The predicted molar refractivity (Wildman–Crippen MR) is 77.1 cm³/mol.